The number of hydrogen-bond acceptors (Lipinski definition) is 7. The Morgan fingerprint density at radius 1 is 1.26 bits per heavy atom. The molecule has 3 N–H and O–H groups in total. The molecule has 2 unspecified atom stereocenters. The minimum Gasteiger partial charge on any atom is -0.387 e. The molecule has 0 bridgehead atoms. The Hall–Kier alpha value is -3.07. The van der Waals surface area contributed by atoms with Gasteiger partial charge in [-0.3, -0.25) is 9.69 Å². The normalized spacial score (nSPS) is 20.5. The first-order valence-electron chi connectivity index (χ1n) is 8.94. The first-order chi connectivity index (χ1) is 13.1. The number of nitrogens with zero attached hydrogens (tertiary/aromatic N) is 5. The van der Waals surface area contributed by atoms with Crippen molar-refractivity contribution in [1.82, 2.24) is 35.1 Å². The molecule has 0 radical (unpaired) electrons. The number of piperidine rings is 1. The second kappa shape index (κ2) is 7.28. The van der Waals surface area contributed by atoms with Gasteiger partial charge in [-0.2, -0.15) is 0 Å². The molecule has 0 aliphatic carbocycles. The maximum absolute atomic E-state index is 12.4. The molecule has 0 saturated carbocycles. The molecule has 1 aliphatic heterocycles. The second-order valence-electron chi connectivity index (χ2n) is 6.77. The molecule has 0 aromatic carbocycles. The number of amides is 1. The Morgan fingerprint density at radius 3 is 2.85 bits per heavy atom. The van der Waals surface area contributed by atoms with E-state index >= 15 is 0 Å². The Kier molecular flexibility index (Phi) is 4.68. The number of likely N-dealkylation sites (N-methyl/N-ethyl adjacent to an activating group) is 1. The van der Waals surface area contributed by atoms with Crippen LogP contribution in [0.5, 0.6) is 0 Å². The lowest BCUT2D eigenvalue weighted by Crippen LogP contribution is -2.47. The molecule has 0 spiro atoms. The van der Waals surface area contributed by atoms with E-state index in [9.17, 15) is 4.79 Å². The summed E-state index contributed by atoms with van der Waals surface area (Å²) in [5.41, 5.74) is 2.82. The van der Waals surface area contributed by atoms with Crippen molar-refractivity contribution in [3.05, 3.63) is 42.4 Å². The molecule has 1 amide bonds. The predicted molar refractivity (Wildman–Crippen MR) is 101 cm³/mol. The molecule has 4 rings (SSSR count). The van der Waals surface area contributed by atoms with Crippen LogP contribution in [0, 0.1) is 0 Å². The number of fused-ring (bicyclic) bond motifs is 1. The summed E-state index contributed by atoms with van der Waals surface area (Å²) in [6, 6.07) is 3.82. The molecular weight excluding hydrogens is 344 g/mol. The van der Waals surface area contributed by atoms with E-state index in [-0.39, 0.29) is 18.0 Å². The van der Waals surface area contributed by atoms with Crippen LogP contribution in [0.4, 0.5) is 5.69 Å². The van der Waals surface area contributed by atoms with Gasteiger partial charge in [0.2, 0.25) is 0 Å². The Balaban J connectivity index is 1.39. The van der Waals surface area contributed by atoms with Gasteiger partial charge in [0.25, 0.3) is 5.91 Å². The lowest BCUT2D eigenvalue weighted by molar-refractivity contribution is 0.0874. The van der Waals surface area contributed by atoms with E-state index < -0.39 is 0 Å². The monoisotopic (exact) mass is 366 g/mol. The van der Waals surface area contributed by atoms with Crippen molar-refractivity contribution in [3.8, 4) is 0 Å². The fraction of sp³-hybridized carbons (Fsp3) is 0.389. The molecule has 4 heterocycles. The molecule has 2 atom stereocenters. The van der Waals surface area contributed by atoms with Crippen LogP contribution >= 0.6 is 0 Å². The number of nitrogens with one attached hydrogen (secondary N) is 3. The van der Waals surface area contributed by atoms with E-state index in [1.54, 1.807) is 18.5 Å². The summed E-state index contributed by atoms with van der Waals surface area (Å²) in [7, 11) is 3.86. The van der Waals surface area contributed by atoms with Gasteiger partial charge < -0.3 is 15.6 Å². The minimum atomic E-state index is -0.145. The van der Waals surface area contributed by atoms with Gasteiger partial charge in [0.1, 0.15) is 23.4 Å². The standard InChI is InChI=1S/C18H22N8O/c1-19-11-3-5-13(21-7-11)18(27)23-12-4-6-15(26(2)9-12)17-24-14-8-20-10-22-16(14)25-17/h3,5,7-8,10,12,15,19H,4,6,9H2,1-2H3,(H,23,27)(H,20,22,24,25). The van der Waals surface area contributed by atoms with Gasteiger partial charge in [-0.25, -0.2) is 19.9 Å². The van der Waals surface area contributed by atoms with Crippen LogP contribution in [-0.4, -0.2) is 62.4 Å². The zero-order valence-electron chi connectivity index (χ0n) is 15.3. The molecule has 1 saturated heterocycles. The van der Waals surface area contributed by atoms with Crippen LogP contribution in [-0.2, 0) is 0 Å². The third-order valence-corrected chi connectivity index (χ3v) is 4.94. The number of pyridine rings is 1. The highest BCUT2D eigenvalue weighted by Crippen LogP contribution is 2.28. The van der Waals surface area contributed by atoms with Crippen molar-refractivity contribution in [2.45, 2.75) is 24.9 Å². The van der Waals surface area contributed by atoms with Crippen molar-refractivity contribution >= 4 is 22.8 Å². The fourth-order valence-corrected chi connectivity index (χ4v) is 3.48. The van der Waals surface area contributed by atoms with E-state index in [0.717, 1.165) is 36.4 Å². The number of carbonyl (C=O) groups is 1. The van der Waals surface area contributed by atoms with Crippen molar-refractivity contribution in [1.29, 1.82) is 0 Å². The summed E-state index contributed by atoms with van der Waals surface area (Å²) in [4.78, 5) is 34.9. The van der Waals surface area contributed by atoms with Crippen LogP contribution in [0.1, 0.15) is 35.2 Å². The van der Waals surface area contributed by atoms with Crippen LogP contribution < -0.4 is 10.6 Å². The number of imidazole rings is 1. The number of hydrogen-bond donors (Lipinski definition) is 3. The first kappa shape index (κ1) is 17.3. The summed E-state index contributed by atoms with van der Waals surface area (Å²) >= 11 is 0. The molecule has 3 aromatic heterocycles. The number of aromatic nitrogens is 5. The zero-order chi connectivity index (χ0) is 18.8. The van der Waals surface area contributed by atoms with E-state index in [1.807, 2.05) is 20.2 Å². The SMILES string of the molecule is CNc1ccc(C(=O)NC2CCC(c3nc4ncncc4[nH]3)N(C)C2)nc1. The smallest absolute Gasteiger partial charge is 0.270 e. The summed E-state index contributed by atoms with van der Waals surface area (Å²) in [5, 5.41) is 6.08. The van der Waals surface area contributed by atoms with Crippen LogP contribution in [0.2, 0.25) is 0 Å². The number of H-pyrrole nitrogens is 1. The topological polar surface area (TPSA) is 112 Å². The number of anilines is 1. The Morgan fingerprint density at radius 2 is 2.15 bits per heavy atom. The highest BCUT2D eigenvalue weighted by molar-refractivity contribution is 5.92. The van der Waals surface area contributed by atoms with E-state index in [1.165, 1.54) is 6.33 Å². The second-order valence-corrected chi connectivity index (χ2v) is 6.77. The summed E-state index contributed by atoms with van der Waals surface area (Å²) < 4.78 is 0. The maximum Gasteiger partial charge on any atom is 0.270 e. The van der Waals surface area contributed by atoms with Crippen molar-refractivity contribution in [3.63, 3.8) is 0 Å². The average molecular weight is 366 g/mol. The highest BCUT2D eigenvalue weighted by atomic mass is 16.1. The van der Waals surface area contributed by atoms with Gasteiger partial charge >= 0.3 is 0 Å². The first-order valence-corrected chi connectivity index (χ1v) is 8.94. The van der Waals surface area contributed by atoms with E-state index in [2.05, 4.69) is 40.5 Å². The number of aromatic amines is 1. The largest absolute Gasteiger partial charge is 0.387 e. The fourth-order valence-electron chi connectivity index (χ4n) is 3.48. The van der Waals surface area contributed by atoms with Gasteiger partial charge in [0.15, 0.2) is 5.65 Å². The molecular formula is C18H22N8O. The lowest BCUT2D eigenvalue weighted by atomic mass is 9.98. The number of rotatable bonds is 4. The third kappa shape index (κ3) is 3.59. The Labute approximate surface area is 156 Å². The summed E-state index contributed by atoms with van der Waals surface area (Å²) in [6.45, 7) is 0.744. The van der Waals surface area contributed by atoms with Gasteiger partial charge in [-0.1, -0.05) is 0 Å². The van der Waals surface area contributed by atoms with Gasteiger partial charge in [0.05, 0.1) is 24.1 Å². The molecule has 9 heteroatoms. The van der Waals surface area contributed by atoms with Gasteiger partial charge in [0, 0.05) is 19.6 Å². The van der Waals surface area contributed by atoms with Crippen molar-refractivity contribution < 1.29 is 4.79 Å². The quantitative estimate of drug-likeness (QED) is 0.639. The minimum absolute atomic E-state index is 0.0775. The molecule has 27 heavy (non-hydrogen) atoms. The zero-order valence-corrected chi connectivity index (χ0v) is 15.3. The summed E-state index contributed by atoms with van der Waals surface area (Å²) in [6.07, 6.45) is 6.65. The average Bonchev–Trinajstić information content (AvgIpc) is 3.12. The van der Waals surface area contributed by atoms with E-state index in [4.69, 9.17) is 0 Å². The molecule has 1 fully saturated rings. The third-order valence-electron chi connectivity index (χ3n) is 4.94. The van der Waals surface area contributed by atoms with Crippen molar-refractivity contribution in [2.75, 3.05) is 26.0 Å². The highest BCUT2D eigenvalue weighted by Gasteiger charge is 2.30. The van der Waals surface area contributed by atoms with Crippen molar-refractivity contribution in [2.24, 2.45) is 0 Å². The van der Waals surface area contributed by atoms with Crippen LogP contribution in [0.15, 0.2) is 30.9 Å². The molecule has 9 nitrogen and oxygen atoms in total. The number of carbonyl (C=O) groups excluding carboxylic acids is 1. The molecule has 3 aromatic rings. The lowest BCUT2D eigenvalue weighted by Gasteiger charge is -2.36. The number of likely N-dealkylation sites (tertiary alicyclic amines) is 1. The van der Waals surface area contributed by atoms with Crippen LogP contribution in [0.25, 0.3) is 11.2 Å². The van der Waals surface area contributed by atoms with E-state index in [0.29, 0.717) is 11.3 Å². The van der Waals surface area contributed by atoms with Gasteiger partial charge in [-0.15, -0.1) is 0 Å². The van der Waals surface area contributed by atoms with Gasteiger partial charge in [-0.05, 0) is 32.0 Å². The summed E-state index contributed by atoms with van der Waals surface area (Å²) in [5.74, 6) is 0.746. The maximum atomic E-state index is 12.4. The molecule has 140 valence electrons. The van der Waals surface area contributed by atoms with Crippen LogP contribution in [0.3, 0.4) is 0 Å². The Bertz CT molecular complexity index is 905. The molecule has 1 aliphatic rings. The predicted octanol–water partition coefficient (Wildman–Crippen LogP) is 1.35.